The first-order valence-electron chi connectivity index (χ1n) is 10.4. The number of ether oxygens (including phenoxy) is 2. The Kier molecular flexibility index (Phi) is 3.13. The van der Waals surface area contributed by atoms with Crippen molar-refractivity contribution < 1.29 is 24.2 Å². The normalized spacial score (nSPS) is 41.3. The fraction of sp³-hybridized carbons (Fsp3) is 0.636. The number of ketones is 1. The van der Waals surface area contributed by atoms with Gasteiger partial charge >= 0.3 is 5.97 Å². The lowest BCUT2D eigenvalue weighted by atomic mass is 9.45. The van der Waals surface area contributed by atoms with E-state index in [0.29, 0.717) is 36.5 Å². The van der Waals surface area contributed by atoms with Crippen LogP contribution in [0.15, 0.2) is 18.2 Å². The molecular weight excluding hydrogens is 358 g/mol. The van der Waals surface area contributed by atoms with Crippen LogP contribution in [0.25, 0.3) is 0 Å². The molecule has 3 aliphatic heterocycles. The van der Waals surface area contributed by atoms with Gasteiger partial charge in [-0.3, -0.25) is 9.69 Å². The van der Waals surface area contributed by atoms with Gasteiger partial charge in [0.05, 0.1) is 7.11 Å². The third kappa shape index (κ3) is 1.86. The standard InChI is InChI=1S/C22H25NO5/c1-27-14-4-5-15-16(10-14)20-8-9-23(11-13-2-3-13)18(17(15)24)22(20)7-6-21(26,12-20)19(25)28-22/h4-5,10,13,18,26H,2-3,6-9,11-12H2,1H3/t18-,20-,21?,22-/m1/s1. The Morgan fingerprint density at radius 1 is 1.25 bits per heavy atom. The van der Waals surface area contributed by atoms with E-state index in [-0.39, 0.29) is 5.78 Å². The average molecular weight is 383 g/mol. The number of benzene rings is 1. The van der Waals surface area contributed by atoms with Gasteiger partial charge in [-0.25, -0.2) is 4.79 Å². The number of nitrogens with zero attached hydrogens (tertiary/aromatic N) is 1. The average Bonchev–Trinajstić information content (AvgIpc) is 3.50. The fourth-order valence-corrected chi connectivity index (χ4v) is 6.54. The van der Waals surface area contributed by atoms with E-state index < -0.39 is 28.6 Å². The Morgan fingerprint density at radius 3 is 2.79 bits per heavy atom. The van der Waals surface area contributed by atoms with Crippen LogP contribution >= 0.6 is 0 Å². The Bertz CT molecular complexity index is 910. The molecule has 1 N–H and O–H groups in total. The zero-order valence-corrected chi connectivity index (χ0v) is 16.1. The number of hydrogen-bond donors (Lipinski definition) is 1. The molecule has 28 heavy (non-hydrogen) atoms. The van der Waals surface area contributed by atoms with E-state index in [1.165, 1.54) is 12.8 Å². The van der Waals surface area contributed by atoms with E-state index >= 15 is 0 Å². The first kappa shape index (κ1) is 17.0. The van der Waals surface area contributed by atoms with Crippen molar-refractivity contribution in [2.24, 2.45) is 5.92 Å². The molecule has 1 spiro atoms. The predicted molar refractivity (Wildman–Crippen MR) is 99.3 cm³/mol. The Balaban J connectivity index is 1.59. The molecule has 5 fully saturated rings. The van der Waals surface area contributed by atoms with Crippen molar-refractivity contribution >= 4 is 11.8 Å². The summed E-state index contributed by atoms with van der Waals surface area (Å²) in [6.07, 6.45) is 4.43. The molecule has 6 heteroatoms. The maximum Gasteiger partial charge on any atom is 0.338 e. The molecule has 1 aromatic carbocycles. The van der Waals surface area contributed by atoms with Crippen molar-refractivity contribution in [3.05, 3.63) is 29.3 Å². The van der Waals surface area contributed by atoms with Crippen LogP contribution in [0.4, 0.5) is 0 Å². The van der Waals surface area contributed by atoms with Gasteiger partial charge in [0.15, 0.2) is 11.4 Å². The number of carbonyl (C=O) groups excluding carboxylic acids is 2. The summed E-state index contributed by atoms with van der Waals surface area (Å²) in [6, 6.07) is 5.16. The molecule has 6 aliphatic rings. The van der Waals surface area contributed by atoms with E-state index in [0.717, 1.165) is 25.1 Å². The van der Waals surface area contributed by atoms with Crippen LogP contribution in [0.2, 0.25) is 0 Å². The van der Waals surface area contributed by atoms with Gasteiger partial charge in [-0.15, -0.1) is 0 Å². The first-order chi connectivity index (χ1) is 13.4. The van der Waals surface area contributed by atoms with Crippen LogP contribution < -0.4 is 4.74 Å². The molecule has 0 amide bonds. The maximum absolute atomic E-state index is 13.7. The molecule has 6 nitrogen and oxygen atoms in total. The van der Waals surface area contributed by atoms with Gasteiger partial charge in [-0.05, 0) is 61.8 Å². The summed E-state index contributed by atoms with van der Waals surface area (Å²) in [7, 11) is 1.61. The Morgan fingerprint density at radius 2 is 2.07 bits per heavy atom. The molecule has 3 aliphatic carbocycles. The second kappa shape index (κ2) is 5.16. The van der Waals surface area contributed by atoms with Crippen LogP contribution in [0.5, 0.6) is 5.75 Å². The number of Topliss-reactive ketones (excluding diaryl/α,β-unsaturated/α-hetero) is 1. The number of likely N-dealkylation sites (tertiary alicyclic amines) is 1. The monoisotopic (exact) mass is 383 g/mol. The van der Waals surface area contributed by atoms with Crippen LogP contribution in [-0.2, 0) is 14.9 Å². The van der Waals surface area contributed by atoms with Crippen LogP contribution in [0, 0.1) is 5.92 Å². The molecule has 4 atom stereocenters. The van der Waals surface area contributed by atoms with Crippen LogP contribution in [0.1, 0.15) is 54.4 Å². The molecule has 0 aromatic heterocycles. The van der Waals surface area contributed by atoms with Crippen LogP contribution in [0.3, 0.4) is 0 Å². The molecule has 7 rings (SSSR count). The van der Waals surface area contributed by atoms with Gasteiger partial charge in [0.1, 0.15) is 17.4 Å². The summed E-state index contributed by atoms with van der Waals surface area (Å²) < 4.78 is 11.5. The molecule has 3 saturated heterocycles. The molecule has 148 valence electrons. The SMILES string of the molecule is COc1ccc2c(c1)[C@]13CCN(CC4CC4)[C@H](C2=O)[C@]12CCC(O)(C3)C(=O)O2. The minimum atomic E-state index is -1.45. The smallest absolute Gasteiger partial charge is 0.338 e. The number of piperidine rings is 1. The largest absolute Gasteiger partial charge is 0.497 e. The highest BCUT2D eigenvalue weighted by atomic mass is 16.6. The molecule has 4 bridgehead atoms. The number of hydrogen-bond acceptors (Lipinski definition) is 6. The number of rotatable bonds is 3. The highest BCUT2D eigenvalue weighted by Gasteiger charge is 2.76. The second-order valence-electron chi connectivity index (χ2n) is 9.44. The minimum absolute atomic E-state index is 0.0498. The van der Waals surface area contributed by atoms with Crippen molar-refractivity contribution in [1.82, 2.24) is 4.90 Å². The first-order valence-corrected chi connectivity index (χ1v) is 10.4. The van der Waals surface area contributed by atoms with E-state index in [1.807, 2.05) is 18.2 Å². The Hall–Kier alpha value is -1.92. The highest BCUT2D eigenvalue weighted by Crippen LogP contribution is 2.65. The van der Waals surface area contributed by atoms with E-state index in [1.54, 1.807) is 7.11 Å². The fourth-order valence-electron chi connectivity index (χ4n) is 6.54. The predicted octanol–water partition coefficient (Wildman–Crippen LogP) is 1.82. The number of esters is 1. The summed E-state index contributed by atoms with van der Waals surface area (Å²) in [4.78, 5) is 28.7. The maximum atomic E-state index is 13.7. The van der Waals surface area contributed by atoms with Crippen molar-refractivity contribution in [1.29, 1.82) is 0 Å². The number of methoxy groups -OCH3 is 1. The van der Waals surface area contributed by atoms with Crippen molar-refractivity contribution in [3.8, 4) is 5.75 Å². The van der Waals surface area contributed by atoms with E-state index in [2.05, 4.69) is 4.90 Å². The lowest BCUT2D eigenvalue weighted by Crippen LogP contribution is -2.81. The zero-order valence-electron chi connectivity index (χ0n) is 16.1. The van der Waals surface area contributed by atoms with E-state index in [9.17, 15) is 14.7 Å². The zero-order chi connectivity index (χ0) is 19.3. The lowest BCUT2D eigenvalue weighted by molar-refractivity contribution is -0.264. The molecule has 2 saturated carbocycles. The summed E-state index contributed by atoms with van der Waals surface area (Å²) in [6.45, 7) is 1.68. The molecular formula is C22H25NO5. The van der Waals surface area contributed by atoms with Gasteiger partial charge in [-0.1, -0.05) is 0 Å². The molecule has 1 unspecified atom stereocenters. The van der Waals surface area contributed by atoms with Gasteiger partial charge in [0.25, 0.3) is 0 Å². The number of carbonyl (C=O) groups is 2. The van der Waals surface area contributed by atoms with Gasteiger partial charge < -0.3 is 14.6 Å². The number of fused-ring (bicyclic) bond motifs is 3. The third-order valence-electron chi connectivity index (χ3n) is 8.05. The van der Waals surface area contributed by atoms with E-state index in [4.69, 9.17) is 9.47 Å². The Labute approximate surface area is 163 Å². The number of aliphatic hydroxyl groups is 1. The summed E-state index contributed by atoms with van der Waals surface area (Å²) in [5, 5.41) is 11.1. The van der Waals surface area contributed by atoms with Gasteiger partial charge in [0, 0.05) is 30.5 Å². The minimum Gasteiger partial charge on any atom is -0.497 e. The molecule has 3 heterocycles. The molecule has 0 radical (unpaired) electrons. The quantitative estimate of drug-likeness (QED) is 0.803. The topological polar surface area (TPSA) is 76.1 Å². The summed E-state index contributed by atoms with van der Waals surface area (Å²) in [5.41, 5.74) is -1.27. The summed E-state index contributed by atoms with van der Waals surface area (Å²) in [5.74, 6) is 0.837. The highest BCUT2D eigenvalue weighted by molar-refractivity contribution is 6.06. The molecule has 1 aromatic rings. The van der Waals surface area contributed by atoms with Gasteiger partial charge in [0.2, 0.25) is 0 Å². The van der Waals surface area contributed by atoms with Crippen molar-refractivity contribution in [2.45, 2.75) is 61.2 Å². The van der Waals surface area contributed by atoms with Gasteiger partial charge in [-0.2, -0.15) is 0 Å². The lowest BCUT2D eigenvalue weighted by Gasteiger charge is -2.68. The van der Waals surface area contributed by atoms with Crippen LogP contribution in [-0.4, -0.2) is 59.2 Å². The second-order valence-corrected chi connectivity index (χ2v) is 9.44. The van der Waals surface area contributed by atoms with Crippen molar-refractivity contribution in [3.63, 3.8) is 0 Å². The van der Waals surface area contributed by atoms with Crippen molar-refractivity contribution in [2.75, 3.05) is 20.2 Å². The summed E-state index contributed by atoms with van der Waals surface area (Å²) >= 11 is 0. The third-order valence-corrected chi connectivity index (χ3v) is 8.05.